The molecule has 0 rings (SSSR count). The first-order valence-corrected chi connectivity index (χ1v) is 11.6. The fourth-order valence-electron chi connectivity index (χ4n) is 3.57. The lowest BCUT2D eigenvalue weighted by Gasteiger charge is -2.04. The maximum atomic E-state index is 11.9. The largest absolute Gasteiger partial charge is 0.251 e. The molecular formula is C24H47F. The summed E-state index contributed by atoms with van der Waals surface area (Å²) in [5.74, 6) is 0. The first-order chi connectivity index (χ1) is 12.4. The molecule has 0 fully saturated rings. The molecule has 0 nitrogen and oxygen atoms in total. The fourth-order valence-corrected chi connectivity index (χ4v) is 3.57. The molecule has 0 heterocycles. The van der Waals surface area contributed by atoms with Crippen LogP contribution in [0.4, 0.5) is 4.39 Å². The van der Waals surface area contributed by atoms with Gasteiger partial charge in [-0.25, -0.2) is 0 Å². The Morgan fingerprint density at radius 1 is 0.400 bits per heavy atom. The molecule has 0 N–H and O–H groups in total. The second-order valence-electron chi connectivity index (χ2n) is 7.84. The van der Waals surface area contributed by atoms with Crippen LogP contribution in [-0.2, 0) is 0 Å². The van der Waals surface area contributed by atoms with Crippen LogP contribution in [0.3, 0.4) is 0 Å². The molecule has 0 aromatic heterocycles. The van der Waals surface area contributed by atoms with E-state index < -0.39 is 0 Å². The Morgan fingerprint density at radius 2 is 0.640 bits per heavy atom. The Morgan fingerprint density at radius 3 is 0.880 bits per heavy atom. The van der Waals surface area contributed by atoms with Gasteiger partial charge in [0.15, 0.2) is 0 Å². The third-order valence-electron chi connectivity index (χ3n) is 5.29. The number of allylic oxidation sites excluding steroid dienone is 1. The molecule has 150 valence electrons. The average molecular weight is 355 g/mol. The van der Waals surface area contributed by atoms with E-state index in [1.165, 1.54) is 122 Å². The van der Waals surface area contributed by atoms with Crippen molar-refractivity contribution in [2.75, 3.05) is 6.67 Å². The van der Waals surface area contributed by atoms with Gasteiger partial charge >= 0.3 is 0 Å². The highest BCUT2D eigenvalue weighted by Gasteiger charge is 1.95. The predicted molar refractivity (Wildman–Crippen MR) is 113 cm³/mol. The average Bonchev–Trinajstić information content (AvgIpc) is 2.63. The third kappa shape index (κ3) is 23.7. The summed E-state index contributed by atoms with van der Waals surface area (Å²) < 4.78 is 11.9. The van der Waals surface area contributed by atoms with Gasteiger partial charge in [0, 0.05) is 0 Å². The number of halogens is 1. The summed E-state index contributed by atoms with van der Waals surface area (Å²) in [4.78, 5) is 0. The zero-order chi connectivity index (χ0) is 18.3. The third-order valence-corrected chi connectivity index (χ3v) is 5.29. The molecule has 0 amide bonds. The van der Waals surface area contributed by atoms with E-state index in [1.807, 2.05) is 6.08 Å². The molecule has 0 saturated heterocycles. The molecule has 0 aromatic carbocycles. The van der Waals surface area contributed by atoms with Crippen molar-refractivity contribution in [1.82, 2.24) is 0 Å². The second-order valence-corrected chi connectivity index (χ2v) is 7.84. The topological polar surface area (TPSA) is 0 Å². The first kappa shape index (κ1) is 24.7. The summed E-state index contributed by atoms with van der Waals surface area (Å²) in [6, 6.07) is 0. The maximum Gasteiger partial charge on any atom is 0.0894 e. The Balaban J connectivity index is 2.95. The molecule has 0 atom stereocenters. The summed E-state index contributed by atoms with van der Waals surface area (Å²) in [7, 11) is 0. The van der Waals surface area contributed by atoms with E-state index in [0.29, 0.717) is 0 Å². The Kier molecular flexibility index (Phi) is 23.4. The number of alkyl halides is 1. The molecule has 0 aliphatic carbocycles. The van der Waals surface area contributed by atoms with E-state index in [-0.39, 0.29) is 6.67 Å². The maximum absolute atomic E-state index is 11.9. The van der Waals surface area contributed by atoms with Gasteiger partial charge in [0.05, 0.1) is 6.67 Å². The highest BCUT2D eigenvalue weighted by molar-refractivity contribution is 4.65. The normalized spacial score (nSPS) is 11.1. The molecule has 0 bridgehead atoms. The van der Waals surface area contributed by atoms with Gasteiger partial charge in [0.1, 0.15) is 0 Å². The minimum absolute atomic E-state index is 0.129. The minimum Gasteiger partial charge on any atom is -0.251 e. The van der Waals surface area contributed by atoms with Crippen molar-refractivity contribution in [2.24, 2.45) is 0 Å². The van der Waals surface area contributed by atoms with Gasteiger partial charge in [0.25, 0.3) is 0 Å². The first-order valence-electron chi connectivity index (χ1n) is 11.6. The molecule has 0 unspecified atom stereocenters. The molecule has 1 heteroatoms. The summed E-state index contributed by atoms with van der Waals surface area (Å²) in [5, 5.41) is 0. The molecule has 0 aliphatic rings. The van der Waals surface area contributed by atoms with Crippen molar-refractivity contribution in [2.45, 2.75) is 135 Å². The molecule has 0 aromatic rings. The van der Waals surface area contributed by atoms with Crippen molar-refractivity contribution in [3.63, 3.8) is 0 Å². The fraction of sp³-hybridized carbons (Fsp3) is 0.917. The lowest BCUT2D eigenvalue weighted by atomic mass is 10.0. The van der Waals surface area contributed by atoms with Gasteiger partial charge in [-0.05, 0) is 19.3 Å². The predicted octanol–water partition coefficient (Wildman–Crippen LogP) is 9.33. The van der Waals surface area contributed by atoms with Crippen LogP contribution in [0.25, 0.3) is 0 Å². The van der Waals surface area contributed by atoms with Crippen molar-refractivity contribution in [3.05, 3.63) is 12.7 Å². The van der Waals surface area contributed by atoms with Crippen molar-refractivity contribution in [3.8, 4) is 0 Å². The van der Waals surface area contributed by atoms with Crippen LogP contribution >= 0.6 is 0 Å². The van der Waals surface area contributed by atoms with Crippen LogP contribution < -0.4 is 0 Å². The highest BCUT2D eigenvalue weighted by atomic mass is 19.1. The van der Waals surface area contributed by atoms with Crippen molar-refractivity contribution in [1.29, 1.82) is 0 Å². The van der Waals surface area contributed by atoms with Crippen LogP contribution in [0.2, 0.25) is 0 Å². The molecule has 0 radical (unpaired) electrons. The van der Waals surface area contributed by atoms with E-state index in [9.17, 15) is 4.39 Å². The standard InChI is InChI=1S/C24H47F/c1-2-3-4-5-6-7-8-9-10-11-12-13-14-15-16-17-18-19-20-21-22-23-24-25/h2H,1,3-24H2. The number of unbranched alkanes of at least 4 members (excludes halogenated alkanes) is 20. The summed E-state index contributed by atoms with van der Waals surface area (Å²) in [5.41, 5.74) is 0. The van der Waals surface area contributed by atoms with Crippen LogP contribution in [0.5, 0.6) is 0 Å². The van der Waals surface area contributed by atoms with Gasteiger partial charge < -0.3 is 0 Å². The van der Waals surface area contributed by atoms with Gasteiger partial charge in [-0.3, -0.25) is 4.39 Å². The molecule has 25 heavy (non-hydrogen) atoms. The van der Waals surface area contributed by atoms with Gasteiger partial charge in [-0.15, -0.1) is 6.58 Å². The molecule has 0 saturated carbocycles. The summed E-state index contributed by atoms with van der Waals surface area (Å²) in [6.07, 6.45) is 30.4. The van der Waals surface area contributed by atoms with E-state index >= 15 is 0 Å². The zero-order valence-electron chi connectivity index (χ0n) is 17.2. The van der Waals surface area contributed by atoms with E-state index in [1.54, 1.807) is 0 Å². The number of hydrogen-bond donors (Lipinski definition) is 0. The monoisotopic (exact) mass is 354 g/mol. The van der Waals surface area contributed by atoms with Crippen molar-refractivity contribution < 1.29 is 4.39 Å². The molecule has 0 spiro atoms. The van der Waals surface area contributed by atoms with Crippen LogP contribution in [0.1, 0.15) is 135 Å². The number of hydrogen-bond acceptors (Lipinski definition) is 0. The Labute approximate surface area is 159 Å². The van der Waals surface area contributed by atoms with E-state index in [0.717, 1.165) is 12.8 Å². The van der Waals surface area contributed by atoms with Crippen LogP contribution in [0.15, 0.2) is 12.7 Å². The minimum atomic E-state index is -0.129. The highest BCUT2D eigenvalue weighted by Crippen LogP contribution is 2.15. The van der Waals surface area contributed by atoms with Gasteiger partial charge in [0.2, 0.25) is 0 Å². The summed E-state index contributed by atoms with van der Waals surface area (Å²) in [6.45, 7) is 3.64. The molecular weight excluding hydrogens is 307 g/mol. The Bertz CT molecular complexity index is 236. The van der Waals surface area contributed by atoms with E-state index in [2.05, 4.69) is 6.58 Å². The molecule has 0 aliphatic heterocycles. The quantitative estimate of drug-likeness (QED) is 0.134. The Hall–Kier alpha value is -0.330. The lowest BCUT2D eigenvalue weighted by molar-refractivity contribution is 0.448. The smallest absolute Gasteiger partial charge is 0.0894 e. The second kappa shape index (κ2) is 23.7. The van der Waals surface area contributed by atoms with Crippen LogP contribution in [0, 0.1) is 0 Å². The zero-order valence-corrected chi connectivity index (χ0v) is 17.2. The van der Waals surface area contributed by atoms with Gasteiger partial charge in [-0.2, -0.15) is 0 Å². The van der Waals surface area contributed by atoms with Crippen LogP contribution in [-0.4, -0.2) is 6.67 Å². The van der Waals surface area contributed by atoms with Crippen molar-refractivity contribution >= 4 is 0 Å². The SMILES string of the molecule is C=CCCCCCCCCCCCCCCCCCCCCCCF. The van der Waals surface area contributed by atoms with E-state index in [4.69, 9.17) is 0 Å². The summed E-state index contributed by atoms with van der Waals surface area (Å²) >= 11 is 0. The lowest BCUT2D eigenvalue weighted by Crippen LogP contribution is -1.84. The number of rotatable bonds is 22. The van der Waals surface area contributed by atoms with Gasteiger partial charge in [-0.1, -0.05) is 122 Å².